The minimum atomic E-state index is -0.431. The Labute approximate surface area is 152 Å². The van der Waals surface area contributed by atoms with Crippen LogP contribution in [0.3, 0.4) is 0 Å². The Morgan fingerprint density at radius 3 is 2.57 bits per heavy atom. The molecule has 5 nitrogen and oxygen atoms in total. The van der Waals surface area contributed by atoms with Crippen LogP contribution in [0.5, 0.6) is 0 Å². The van der Waals surface area contributed by atoms with Crippen molar-refractivity contribution in [1.29, 1.82) is 0 Å². The highest BCUT2D eigenvalue weighted by atomic mass is 127. The van der Waals surface area contributed by atoms with Gasteiger partial charge in [-0.2, -0.15) is 0 Å². The Morgan fingerprint density at radius 1 is 1.39 bits per heavy atom. The standard InChI is InChI=1S/C17H27IN2O3/c1-16(2,3)23-15(21)20-9-7-17(4,8-10-20)12-19-11-13-5-6-14(18)22-13/h5-6,19H,7-12H2,1-4H3. The van der Waals surface area contributed by atoms with Gasteiger partial charge in [0.1, 0.15) is 11.4 Å². The van der Waals surface area contributed by atoms with Gasteiger partial charge in [0.05, 0.1) is 6.54 Å². The summed E-state index contributed by atoms with van der Waals surface area (Å²) in [6.07, 6.45) is 1.77. The van der Waals surface area contributed by atoms with Gasteiger partial charge in [-0.1, -0.05) is 6.92 Å². The molecule has 2 rings (SSSR count). The Bertz CT molecular complexity index is 528. The average molecular weight is 434 g/mol. The zero-order chi connectivity index (χ0) is 17.1. The van der Waals surface area contributed by atoms with Crippen LogP contribution in [-0.4, -0.2) is 36.2 Å². The van der Waals surface area contributed by atoms with Gasteiger partial charge >= 0.3 is 6.09 Å². The molecule has 130 valence electrons. The lowest BCUT2D eigenvalue weighted by Crippen LogP contribution is -2.47. The molecule has 1 aromatic heterocycles. The number of furan rings is 1. The first-order valence-corrected chi connectivity index (χ1v) is 9.18. The molecule has 1 saturated heterocycles. The molecule has 23 heavy (non-hydrogen) atoms. The van der Waals surface area contributed by atoms with Crippen molar-refractivity contribution in [3.05, 3.63) is 21.7 Å². The quantitative estimate of drug-likeness (QED) is 0.728. The molecule has 1 N–H and O–H groups in total. The summed E-state index contributed by atoms with van der Waals surface area (Å²) in [4.78, 5) is 13.9. The largest absolute Gasteiger partial charge is 0.454 e. The van der Waals surface area contributed by atoms with E-state index in [-0.39, 0.29) is 11.5 Å². The fraction of sp³-hybridized carbons (Fsp3) is 0.706. The summed E-state index contributed by atoms with van der Waals surface area (Å²) in [6, 6.07) is 3.97. The molecule has 0 atom stereocenters. The van der Waals surface area contributed by atoms with E-state index in [1.165, 1.54) is 0 Å². The Morgan fingerprint density at radius 2 is 2.04 bits per heavy atom. The number of nitrogens with one attached hydrogen (secondary N) is 1. The second kappa shape index (κ2) is 7.42. The number of hydrogen-bond acceptors (Lipinski definition) is 4. The Hall–Kier alpha value is -0.760. The predicted molar refractivity (Wildman–Crippen MR) is 98.3 cm³/mol. The van der Waals surface area contributed by atoms with Crippen molar-refractivity contribution in [2.24, 2.45) is 5.41 Å². The summed E-state index contributed by atoms with van der Waals surface area (Å²) in [6.45, 7) is 11.2. The lowest BCUT2D eigenvalue weighted by Gasteiger charge is -2.39. The molecule has 0 radical (unpaired) electrons. The number of rotatable bonds is 4. The van der Waals surface area contributed by atoms with E-state index in [0.29, 0.717) is 0 Å². The first kappa shape index (κ1) is 18.6. The van der Waals surface area contributed by atoms with Gasteiger partial charge in [-0.25, -0.2) is 4.79 Å². The molecule has 0 spiro atoms. The molecular formula is C17H27IN2O3. The average Bonchev–Trinajstić information content (AvgIpc) is 2.83. The van der Waals surface area contributed by atoms with E-state index in [2.05, 4.69) is 34.8 Å². The van der Waals surface area contributed by atoms with Gasteiger partial charge in [0.2, 0.25) is 0 Å². The molecule has 1 aliphatic heterocycles. The molecule has 2 heterocycles. The lowest BCUT2D eigenvalue weighted by molar-refractivity contribution is 0.0119. The van der Waals surface area contributed by atoms with Gasteiger partial charge in [-0.15, -0.1) is 0 Å². The highest BCUT2D eigenvalue weighted by molar-refractivity contribution is 14.1. The van der Waals surface area contributed by atoms with Crippen molar-refractivity contribution in [2.45, 2.75) is 52.7 Å². The highest BCUT2D eigenvalue weighted by Crippen LogP contribution is 2.30. The number of likely N-dealkylation sites (tertiary alicyclic amines) is 1. The number of hydrogen-bond donors (Lipinski definition) is 1. The monoisotopic (exact) mass is 434 g/mol. The summed E-state index contributed by atoms with van der Waals surface area (Å²) in [5.74, 6) is 0.962. The minimum Gasteiger partial charge on any atom is -0.454 e. The van der Waals surface area contributed by atoms with E-state index < -0.39 is 5.60 Å². The third-order valence-corrected chi connectivity index (χ3v) is 4.68. The molecule has 1 aromatic rings. The molecule has 0 aromatic carbocycles. The number of carbonyl (C=O) groups is 1. The number of ether oxygens (including phenoxy) is 1. The smallest absolute Gasteiger partial charge is 0.410 e. The molecule has 1 fully saturated rings. The van der Waals surface area contributed by atoms with Crippen molar-refractivity contribution in [2.75, 3.05) is 19.6 Å². The Kier molecular flexibility index (Phi) is 5.99. The maximum absolute atomic E-state index is 12.1. The second-order valence-electron chi connectivity index (χ2n) is 7.59. The Balaban J connectivity index is 1.74. The van der Waals surface area contributed by atoms with Crippen LogP contribution >= 0.6 is 22.6 Å². The summed E-state index contributed by atoms with van der Waals surface area (Å²) in [7, 11) is 0. The van der Waals surface area contributed by atoms with Gasteiger partial charge in [0.15, 0.2) is 3.77 Å². The molecule has 6 heteroatoms. The first-order chi connectivity index (χ1) is 10.7. The van der Waals surface area contributed by atoms with Crippen molar-refractivity contribution >= 4 is 28.7 Å². The van der Waals surface area contributed by atoms with Crippen molar-refractivity contribution in [3.63, 3.8) is 0 Å². The van der Waals surface area contributed by atoms with E-state index in [4.69, 9.17) is 9.15 Å². The third kappa shape index (κ3) is 5.99. The fourth-order valence-electron chi connectivity index (χ4n) is 2.67. The lowest BCUT2D eigenvalue weighted by atomic mass is 9.80. The van der Waals surface area contributed by atoms with Gasteiger partial charge in [-0.3, -0.25) is 0 Å². The van der Waals surface area contributed by atoms with E-state index in [0.717, 1.165) is 48.5 Å². The molecule has 1 aliphatic rings. The number of nitrogens with zero attached hydrogens (tertiary/aromatic N) is 1. The van der Waals surface area contributed by atoms with E-state index in [1.54, 1.807) is 0 Å². The van der Waals surface area contributed by atoms with Gasteiger partial charge < -0.3 is 19.4 Å². The summed E-state index contributed by atoms with van der Waals surface area (Å²) < 4.78 is 11.9. The zero-order valence-electron chi connectivity index (χ0n) is 14.4. The van der Waals surface area contributed by atoms with E-state index in [9.17, 15) is 4.79 Å². The third-order valence-electron chi connectivity index (χ3n) is 4.10. The molecule has 0 saturated carbocycles. The summed E-state index contributed by atoms with van der Waals surface area (Å²) >= 11 is 2.17. The van der Waals surface area contributed by atoms with Crippen LogP contribution in [-0.2, 0) is 11.3 Å². The number of piperidine rings is 1. The van der Waals surface area contributed by atoms with Crippen molar-refractivity contribution in [3.8, 4) is 0 Å². The molecule has 0 aliphatic carbocycles. The van der Waals surface area contributed by atoms with Gasteiger partial charge in [0, 0.05) is 19.6 Å². The van der Waals surface area contributed by atoms with E-state index >= 15 is 0 Å². The number of amides is 1. The maximum atomic E-state index is 12.1. The van der Waals surface area contributed by atoms with Crippen LogP contribution in [0.2, 0.25) is 0 Å². The first-order valence-electron chi connectivity index (χ1n) is 8.10. The summed E-state index contributed by atoms with van der Waals surface area (Å²) in [5.41, 5.74) is -0.224. The second-order valence-corrected chi connectivity index (χ2v) is 8.65. The van der Waals surface area contributed by atoms with Crippen LogP contribution in [0, 0.1) is 9.18 Å². The van der Waals surface area contributed by atoms with Crippen LogP contribution in [0.1, 0.15) is 46.3 Å². The maximum Gasteiger partial charge on any atom is 0.410 e. The predicted octanol–water partition coefficient (Wildman–Crippen LogP) is 4.01. The van der Waals surface area contributed by atoms with Crippen LogP contribution < -0.4 is 5.32 Å². The van der Waals surface area contributed by atoms with Gasteiger partial charge in [0.25, 0.3) is 0 Å². The minimum absolute atomic E-state index is 0.197. The topological polar surface area (TPSA) is 54.7 Å². The van der Waals surface area contributed by atoms with Crippen molar-refractivity contribution < 1.29 is 13.9 Å². The molecule has 1 amide bonds. The van der Waals surface area contributed by atoms with Crippen LogP contribution in [0.4, 0.5) is 4.79 Å². The number of carbonyl (C=O) groups excluding carboxylic acids is 1. The van der Waals surface area contributed by atoms with Crippen LogP contribution in [0.15, 0.2) is 16.5 Å². The van der Waals surface area contributed by atoms with E-state index in [1.807, 2.05) is 37.8 Å². The van der Waals surface area contributed by atoms with Crippen LogP contribution in [0.25, 0.3) is 0 Å². The molecule has 0 unspecified atom stereocenters. The van der Waals surface area contributed by atoms with Gasteiger partial charge in [-0.05, 0) is 73.8 Å². The normalized spacial score (nSPS) is 18.0. The fourth-order valence-corrected chi connectivity index (χ4v) is 3.13. The molecule has 0 bridgehead atoms. The van der Waals surface area contributed by atoms with Crippen molar-refractivity contribution in [1.82, 2.24) is 10.2 Å². The summed E-state index contributed by atoms with van der Waals surface area (Å²) in [5, 5.41) is 3.48. The zero-order valence-corrected chi connectivity index (χ0v) is 16.6. The molecular weight excluding hydrogens is 407 g/mol. The SMILES string of the molecule is CC1(CNCc2ccc(I)o2)CCN(C(=O)OC(C)(C)C)CC1. The number of halogens is 1. The highest BCUT2D eigenvalue weighted by Gasteiger charge is 2.33.